The summed E-state index contributed by atoms with van der Waals surface area (Å²) >= 11 is 6.32. The van der Waals surface area contributed by atoms with Crippen LogP contribution in [0.4, 0.5) is 4.79 Å². The van der Waals surface area contributed by atoms with Crippen molar-refractivity contribution in [1.82, 2.24) is 15.5 Å². The smallest absolute Gasteiger partial charge is 0.406 e. The number of hydrogen-bond donors (Lipinski definition) is 2. The first-order valence-electron chi connectivity index (χ1n) is 7.01. The summed E-state index contributed by atoms with van der Waals surface area (Å²) in [6, 6.07) is 0. The van der Waals surface area contributed by atoms with Crippen LogP contribution in [0.25, 0.3) is 0 Å². The lowest BCUT2D eigenvalue weighted by atomic mass is 10.1. The number of methoxy groups -OCH3 is 1. The molecular weight excluding hydrogens is 290 g/mol. The van der Waals surface area contributed by atoms with E-state index in [-0.39, 0.29) is 5.92 Å². The van der Waals surface area contributed by atoms with E-state index < -0.39 is 6.09 Å². The zero-order valence-electron chi connectivity index (χ0n) is 12.9. The maximum absolute atomic E-state index is 11.1. The summed E-state index contributed by atoms with van der Waals surface area (Å²) in [4.78, 5) is 13.1. The van der Waals surface area contributed by atoms with Crippen molar-refractivity contribution in [1.29, 1.82) is 0 Å². The maximum Gasteiger partial charge on any atom is 0.406 e. The molecule has 0 aromatic carbocycles. The van der Waals surface area contributed by atoms with E-state index >= 15 is 0 Å². The number of halogens is 1. The van der Waals surface area contributed by atoms with Crippen molar-refractivity contribution in [2.45, 2.75) is 6.92 Å². The first-order valence-corrected chi connectivity index (χ1v) is 7.39. The Labute approximate surface area is 131 Å². The average molecular weight is 314 g/mol. The van der Waals surface area contributed by atoms with Gasteiger partial charge < -0.3 is 20.3 Å². The topological polar surface area (TPSA) is 53.6 Å². The second-order valence-electron chi connectivity index (χ2n) is 4.88. The molecule has 1 amide bonds. The highest BCUT2D eigenvalue weighted by atomic mass is 35.5. The first kappa shape index (κ1) is 17.6. The first-order chi connectivity index (χ1) is 10.1. The Morgan fingerprint density at radius 2 is 2.33 bits per heavy atom. The molecule has 0 saturated heterocycles. The molecule has 1 aliphatic heterocycles. The molecule has 0 spiro atoms. The molecule has 1 atom stereocenters. The Balaban J connectivity index is 2.70. The van der Waals surface area contributed by atoms with Gasteiger partial charge in [-0.2, -0.15) is 0 Å². The lowest BCUT2D eigenvalue weighted by molar-refractivity contribution is 0.170. The highest BCUT2D eigenvalue weighted by Gasteiger charge is 2.09. The van der Waals surface area contributed by atoms with Crippen LogP contribution < -0.4 is 10.6 Å². The SMILES string of the molecule is CNCC1=CCN(CCNC(=O)OC)/C=C(/Cl)C(C)C=C1. The Hall–Kier alpha value is -1.46. The lowest BCUT2D eigenvalue weighted by Crippen LogP contribution is -2.32. The minimum atomic E-state index is -0.421. The predicted molar refractivity (Wildman–Crippen MR) is 86.2 cm³/mol. The molecule has 5 nitrogen and oxygen atoms in total. The van der Waals surface area contributed by atoms with E-state index in [1.165, 1.54) is 12.7 Å². The van der Waals surface area contributed by atoms with Crippen LogP contribution in [-0.4, -0.2) is 51.3 Å². The van der Waals surface area contributed by atoms with Crippen molar-refractivity contribution in [2.24, 2.45) is 5.92 Å². The Kier molecular flexibility index (Phi) is 7.93. The van der Waals surface area contributed by atoms with Crippen molar-refractivity contribution in [3.63, 3.8) is 0 Å². The number of carbonyl (C=O) groups excluding carboxylic acids is 1. The predicted octanol–water partition coefficient (Wildman–Crippen LogP) is 2.08. The third-order valence-corrected chi connectivity index (χ3v) is 3.60. The van der Waals surface area contributed by atoms with Gasteiger partial charge in [0.1, 0.15) is 0 Å². The van der Waals surface area contributed by atoms with Crippen LogP contribution in [0.5, 0.6) is 0 Å². The molecule has 1 aliphatic rings. The normalized spacial score (nSPS) is 21.5. The van der Waals surface area contributed by atoms with Gasteiger partial charge in [-0.1, -0.05) is 36.8 Å². The molecule has 0 radical (unpaired) electrons. The molecule has 1 heterocycles. The second kappa shape index (κ2) is 9.47. The lowest BCUT2D eigenvalue weighted by Gasteiger charge is -2.20. The molecule has 118 valence electrons. The third kappa shape index (κ3) is 6.69. The number of amides is 1. The summed E-state index contributed by atoms with van der Waals surface area (Å²) in [5, 5.41) is 6.60. The number of nitrogens with one attached hydrogen (secondary N) is 2. The summed E-state index contributed by atoms with van der Waals surface area (Å²) in [6.07, 6.45) is 7.88. The number of carbonyl (C=O) groups is 1. The van der Waals surface area contributed by atoms with Crippen molar-refractivity contribution >= 4 is 17.7 Å². The molecule has 21 heavy (non-hydrogen) atoms. The fourth-order valence-electron chi connectivity index (χ4n) is 1.87. The summed E-state index contributed by atoms with van der Waals surface area (Å²) < 4.78 is 4.55. The fourth-order valence-corrected chi connectivity index (χ4v) is 2.08. The second-order valence-corrected chi connectivity index (χ2v) is 5.32. The van der Waals surface area contributed by atoms with Crippen molar-refractivity contribution in [3.05, 3.63) is 35.0 Å². The Morgan fingerprint density at radius 3 is 3.00 bits per heavy atom. The maximum atomic E-state index is 11.1. The van der Waals surface area contributed by atoms with E-state index in [4.69, 9.17) is 11.6 Å². The van der Waals surface area contributed by atoms with Crippen LogP contribution in [0.15, 0.2) is 35.0 Å². The van der Waals surface area contributed by atoms with Gasteiger partial charge in [-0.3, -0.25) is 0 Å². The van der Waals surface area contributed by atoms with Crippen molar-refractivity contribution in [2.75, 3.05) is 40.3 Å². The number of rotatable bonds is 5. The zero-order valence-corrected chi connectivity index (χ0v) is 13.6. The van der Waals surface area contributed by atoms with E-state index in [9.17, 15) is 4.79 Å². The van der Waals surface area contributed by atoms with E-state index in [2.05, 4.69) is 45.4 Å². The van der Waals surface area contributed by atoms with Gasteiger partial charge in [0.05, 0.1) is 7.11 Å². The number of hydrogen-bond acceptors (Lipinski definition) is 4. The number of ether oxygens (including phenoxy) is 1. The highest BCUT2D eigenvalue weighted by molar-refractivity contribution is 6.29. The van der Waals surface area contributed by atoms with Gasteiger partial charge in [-0.25, -0.2) is 4.79 Å². The number of allylic oxidation sites excluding steroid dienone is 2. The molecule has 0 aliphatic carbocycles. The molecule has 2 N–H and O–H groups in total. The Bertz CT molecular complexity index is 433. The summed E-state index contributed by atoms with van der Waals surface area (Å²) in [5.74, 6) is 0.168. The van der Waals surface area contributed by atoms with Gasteiger partial charge in [0.25, 0.3) is 0 Å². The van der Waals surface area contributed by atoms with E-state index in [0.717, 1.165) is 18.1 Å². The van der Waals surface area contributed by atoms with Gasteiger partial charge in [-0.15, -0.1) is 0 Å². The minimum Gasteiger partial charge on any atom is -0.453 e. The van der Waals surface area contributed by atoms with Crippen LogP contribution in [0.1, 0.15) is 6.92 Å². The minimum absolute atomic E-state index is 0.168. The number of alkyl carbamates (subject to hydrolysis) is 1. The summed E-state index contributed by atoms with van der Waals surface area (Å²) in [5.41, 5.74) is 1.22. The third-order valence-electron chi connectivity index (χ3n) is 3.16. The largest absolute Gasteiger partial charge is 0.453 e. The van der Waals surface area contributed by atoms with E-state index in [1.807, 2.05) is 13.2 Å². The number of nitrogens with zero attached hydrogens (tertiary/aromatic N) is 1. The Morgan fingerprint density at radius 1 is 1.57 bits per heavy atom. The van der Waals surface area contributed by atoms with Gasteiger partial charge in [0, 0.05) is 43.3 Å². The van der Waals surface area contributed by atoms with Crippen LogP contribution in [0.2, 0.25) is 0 Å². The molecule has 0 bridgehead atoms. The zero-order chi connectivity index (χ0) is 15.7. The summed E-state index contributed by atoms with van der Waals surface area (Å²) in [6.45, 7) is 4.79. The molecule has 6 heteroatoms. The fraction of sp³-hybridized carbons (Fsp3) is 0.533. The van der Waals surface area contributed by atoms with Gasteiger partial charge in [0.2, 0.25) is 0 Å². The average Bonchev–Trinajstić information content (AvgIpc) is 2.53. The molecule has 0 aromatic heterocycles. The standard InChI is InChI=1S/C15H24ClN3O2/c1-12-4-5-13(10-17-2)6-8-19(11-14(12)16)9-7-18-15(20)21-3/h4-6,11-12,17H,7-10H2,1-3H3,(H,18,20)/b5-4?,13-6?,14-11+. The molecule has 0 aromatic rings. The highest BCUT2D eigenvalue weighted by Crippen LogP contribution is 2.19. The molecule has 0 fully saturated rings. The van der Waals surface area contributed by atoms with Crippen LogP contribution >= 0.6 is 11.6 Å². The summed E-state index contributed by atoms with van der Waals surface area (Å²) in [7, 11) is 3.28. The van der Waals surface area contributed by atoms with Crippen LogP contribution in [0, 0.1) is 5.92 Å². The van der Waals surface area contributed by atoms with Crippen LogP contribution in [-0.2, 0) is 4.74 Å². The van der Waals surface area contributed by atoms with E-state index in [1.54, 1.807) is 0 Å². The van der Waals surface area contributed by atoms with Gasteiger partial charge >= 0.3 is 6.09 Å². The molecule has 1 rings (SSSR count). The van der Waals surface area contributed by atoms with E-state index in [0.29, 0.717) is 13.1 Å². The van der Waals surface area contributed by atoms with Crippen LogP contribution in [0.3, 0.4) is 0 Å². The van der Waals surface area contributed by atoms with Gasteiger partial charge in [0.15, 0.2) is 0 Å². The quantitative estimate of drug-likeness (QED) is 0.816. The molecule has 0 saturated carbocycles. The van der Waals surface area contributed by atoms with Gasteiger partial charge in [-0.05, 0) is 12.6 Å². The monoisotopic (exact) mass is 313 g/mol. The molecule has 1 unspecified atom stereocenters. The number of likely N-dealkylation sites (N-methyl/N-ethyl adjacent to an activating group) is 1. The van der Waals surface area contributed by atoms with Crippen molar-refractivity contribution in [3.8, 4) is 0 Å². The van der Waals surface area contributed by atoms with Crippen molar-refractivity contribution < 1.29 is 9.53 Å². The molecular formula is C15H24ClN3O2.